The number of carbonyl (C=O) groups is 2. The van der Waals surface area contributed by atoms with E-state index in [9.17, 15) is 9.59 Å². The zero-order chi connectivity index (χ0) is 20.2. The minimum atomic E-state index is -0.388. The summed E-state index contributed by atoms with van der Waals surface area (Å²) in [6.45, 7) is 4.95. The van der Waals surface area contributed by atoms with Crippen molar-refractivity contribution in [3.05, 3.63) is 35.0 Å². The zero-order valence-electron chi connectivity index (χ0n) is 16.7. The number of hydrogen-bond donors (Lipinski definition) is 2. The molecule has 0 unspecified atom stereocenters. The summed E-state index contributed by atoms with van der Waals surface area (Å²) in [5.41, 5.74) is 2.26. The first kappa shape index (κ1) is 19.6. The van der Waals surface area contributed by atoms with Crippen LogP contribution < -0.4 is 20.1 Å². The van der Waals surface area contributed by atoms with Crippen LogP contribution >= 0.6 is 0 Å². The number of hydrogen-bond acceptors (Lipinski definition) is 6. The largest absolute Gasteiger partial charge is 0.490 e. The predicted molar refractivity (Wildman–Crippen MR) is 106 cm³/mol. The molecule has 4 rings (SSSR count). The van der Waals surface area contributed by atoms with Gasteiger partial charge in [0, 0.05) is 24.7 Å². The summed E-state index contributed by atoms with van der Waals surface area (Å²) in [7, 11) is 0. The van der Waals surface area contributed by atoms with Gasteiger partial charge in [0.1, 0.15) is 0 Å². The molecule has 29 heavy (non-hydrogen) atoms. The van der Waals surface area contributed by atoms with Gasteiger partial charge in [0.15, 0.2) is 11.5 Å². The number of carbonyl (C=O) groups excluding carboxylic acids is 2. The molecule has 1 saturated heterocycles. The van der Waals surface area contributed by atoms with Crippen LogP contribution in [0.15, 0.2) is 29.5 Å². The van der Waals surface area contributed by atoms with Crippen molar-refractivity contribution in [2.75, 3.05) is 39.5 Å². The van der Waals surface area contributed by atoms with Crippen molar-refractivity contribution >= 4 is 12.0 Å². The Morgan fingerprint density at radius 2 is 2.07 bits per heavy atom. The lowest BCUT2D eigenvalue weighted by molar-refractivity contribution is -0.138. The number of rotatable bonds is 5. The molecule has 1 aromatic carbocycles. The number of nitrogens with one attached hydrogen (secondary N) is 2. The van der Waals surface area contributed by atoms with Crippen molar-refractivity contribution in [2.45, 2.75) is 32.2 Å². The van der Waals surface area contributed by atoms with Crippen molar-refractivity contribution in [2.24, 2.45) is 0 Å². The number of nitrogens with zero attached hydrogens (tertiary/aromatic N) is 1. The summed E-state index contributed by atoms with van der Waals surface area (Å²) in [6.07, 6.45) is 2.93. The fraction of sp³-hybridized carbons (Fsp3) is 0.524. The smallest absolute Gasteiger partial charge is 0.337 e. The number of esters is 1. The minimum Gasteiger partial charge on any atom is -0.490 e. The van der Waals surface area contributed by atoms with Crippen LogP contribution in [0.2, 0.25) is 0 Å². The lowest BCUT2D eigenvalue weighted by Crippen LogP contribution is -2.46. The topological polar surface area (TPSA) is 89.1 Å². The number of fused-ring (bicyclic) bond motifs is 1. The Morgan fingerprint density at radius 3 is 2.90 bits per heavy atom. The number of benzene rings is 1. The first-order chi connectivity index (χ1) is 14.2. The van der Waals surface area contributed by atoms with Crippen LogP contribution in [0.1, 0.15) is 37.8 Å². The highest BCUT2D eigenvalue weighted by atomic mass is 16.5. The molecule has 3 heterocycles. The summed E-state index contributed by atoms with van der Waals surface area (Å²) in [6, 6.07) is 6.01. The van der Waals surface area contributed by atoms with E-state index in [0.717, 1.165) is 42.9 Å². The molecule has 0 radical (unpaired) electrons. The van der Waals surface area contributed by atoms with Crippen LogP contribution in [-0.2, 0) is 9.53 Å². The predicted octanol–water partition coefficient (Wildman–Crippen LogP) is 2.11. The van der Waals surface area contributed by atoms with E-state index in [1.807, 2.05) is 6.07 Å². The van der Waals surface area contributed by atoms with E-state index >= 15 is 0 Å². The third kappa shape index (κ3) is 4.32. The van der Waals surface area contributed by atoms with Gasteiger partial charge in [0.25, 0.3) is 0 Å². The number of likely N-dealkylation sites (tertiary alicyclic amines) is 1. The first-order valence-electron chi connectivity index (χ1n) is 10.2. The van der Waals surface area contributed by atoms with Gasteiger partial charge in [0.05, 0.1) is 31.9 Å². The molecule has 1 fully saturated rings. The molecule has 2 N–H and O–H groups in total. The maximum absolute atomic E-state index is 12.3. The second-order valence-electron chi connectivity index (χ2n) is 7.37. The van der Waals surface area contributed by atoms with Gasteiger partial charge in [-0.15, -0.1) is 0 Å². The maximum atomic E-state index is 12.3. The second kappa shape index (κ2) is 8.73. The SMILES string of the molecule is CCOC(=O)C1=C(CN2CCC[C@@H]2c2ccc3c(c2)OCCCO3)NC(=O)NC1. The third-order valence-corrected chi connectivity index (χ3v) is 5.46. The molecular formula is C21H27N3O5. The van der Waals surface area contributed by atoms with Crippen LogP contribution in [0.25, 0.3) is 0 Å². The van der Waals surface area contributed by atoms with Gasteiger partial charge in [-0.2, -0.15) is 0 Å². The van der Waals surface area contributed by atoms with Crippen LogP contribution in [0.4, 0.5) is 4.79 Å². The standard InChI is InChI=1S/C21H27N3O5/c1-2-27-20(25)15-12-22-21(26)23-16(15)13-24-8-3-5-17(24)14-6-7-18-19(11-14)29-10-4-9-28-18/h6-7,11,17H,2-5,8-10,12-13H2,1H3,(H2,22,23,26)/t17-/m1/s1. The fourth-order valence-corrected chi connectivity index (χ4v) is 4.06. The van der Waals surface area contributed by atoms with E-state index in [2.05, 4.69) is 27.7 Å². The van der Waals surface area contributed by atoms with Gasteiger partial charge in [-0.25, -0.2) is 9.59 Å². The quantitative estimate of drug-likeness (QED) is 0.735. The number of amides is 2. The molecule has 0 aliphatic carbocycles. The first-order valence-corrected chi connectivity index (χ1v) is 10.2. The molecule has 156 valence electrons. The Hall–Kier alpha value is -2.74. The summed E-state index contributed by atoms with van der Waals surface area (Å²) in [5, 5.41) is 5.46. The zero-order valence-corrected chi connectivity index (χ0v) is 16.7. The third-order valence-electron chi connectivity index (χ3n) is 5.46. The van der Waals surface area contributed by atoms with Crippen LogP contribution in [0.3, 0.4) is 0 Å². The summed E-state index contributed by atoms with van der Waals surface area (Å²) >= 11 is 0. The monoisotopic (exact) mass is 401 g/mol. The van der Waals surface area contributed by atoms with Crippen molar-refractivity contribution in [1.82, 2.24) is 15.5 Å². The molecule has 1 aromatic rings. The number of ether oxygens (including phenoxy) is 3. The lowest BCUT2D eigenvalue weighted by Gasteiger charge is -2.29. The Kier molecular flexibility index (Phi) is 5.89. The maximum Gasteiger partial charge on any atom is 0.337 e. The van der Waals surface area contributed by atoms with Gasteiger partial charge < -0.3 is 24.8 Å². The highest BCUT2D eigenvalue weighted by Crippen LogP contribution is 2.38. The van der Waals surface area contributed by atoms with Crippen molar-refractivity contribution in [1.29, 1.82) is 0 Å². The molecule has 0 spiro atoms. The molecular weight excluding hydrogens is 374 g/mol. The van der Waals surface area contributed by atoms with Crippen LogP contribution in [0, 0.1) is 0 Å². The molecule has 3 aliphatic rings. The Balaban J connectivity index is 1.55. The Bertz CT molecular complexity index is 823. The molecule has 8 heteroatoms. The lowest BCUT2D eigenvalue weighted by atomic mass is 10.0. The van der Waals surface area contributed by atoms with Crippen molar-refractivity contribution in [3.8, 4) is 11.5 Å². The highest BCUT2D eigenvalue weighted by molar-refractivity contribution is 5.93. The average Bonchev–Trinajstić information content (AvgIpc) is 3.03. The summed E-state index contributed by atoms with van der Waals surface area (Å²) in [4.78, 5) is 26.5. The number of urea groups is 1. The normalized spacial score (nSPS) is 22.0. The van der Waals surface area contributed by atoms with Crippen molar-refractivity contribution < 1.29 is 23.8 Å². The second-order valence-corrected chi connectivity index (χ2v) is 7.37. The fourth-order valence-electron chi connectivity index (χ4n) is 4.06. The molecule has 3 aliphatic heterocycles. The van der Waals surface area contributed by atoms with Gasteiger partial charge >= 0.3 is 12.0 Å². The van der Waals surface area contributed by atoms with Crippen LogP contribution in [-0.4, -0.2) is 56.4 Å². The van der Waals surface area contributed by atoms with Crippen LogP contribution in [0.5, 0.6) is 11.5 Å². The van der Waals surface area contributed by atoms with E-state index < -0.39 is 0 Å². The highest BCUT2D eigenvalue weighted by Gasteiger charge is 2.31. The minimum absolute atomic E-state index is 0.183. The summed E-state index contributed by atoms with van der Waals surface area (Å²) < 4.78 is 16.7. The van der Waals surface area contributed by atoms with Gasteiger partial charge in [-0.3, -0.25) is 4.90 Å². The van der Waals surface area contributed by atoms with E-state index in [1.165, 1.54) is 0 Å². The van der Waals surface area contributed by atoms with E-state index in [0.29, 0.717) is 37.6 Å². The summed E-state index contributed by atoms with van der Waals surface area (Å²) in [5.74, 6) is 1.18. The van der Waals surface area contributed by atoms with Crippen molar-refractivity contribution in [3.63, 3.8) is 0 Å². The molecule has 0 aromatic heterocycles. The van der Waals surface area contributed by atoms with Gasteiger partial charge in [0.2, 0.25) is 0 Å². The molecule has 0 saturated carbocycles. The molecule has 1 atom stereocenters. The van der Waals surface area contributed by atoms with E-state index in [1.54, 1.807) is 6.92 Å². The van der Waals surface area contributed by atoms with Gasteiger partial charge in [-0.05, 0) is 44.0 Å². The Labute approximate surface area is 170 Å². The molecule has 2 amide bonds. The van der Waals surface area contributed by atoms with E-state index in [-0.39, 0.29) is 24.6 Å². The average molecular weight is 401 g/mol. The molecule has 0 bridgehead atoms. The molecule has 8 nitrogen and oxygen atoms in total. The van der Waals surface area contributed by atoms with E-state index in [4.69, 9.17) is 14.2 Å². The Morgan fingerprint density at radius 1 is 1.24 bits per heavy atom. The van der Waals surface area contributed by atoms with Gasteiger partial charge in [-0.1, -0.05) is 6.07 Å².